The minimum Gasteiger partial charge on any atom is -0.492 e. The van der Waals surface area contributed by atoms with Gasteiger partial charge in [-0.05, 0) is 31.2 Å². The first-order valence-corrected chi connectivity index (χ1v) is 5.39. The van der Waals surface area contributed by atoms with Crippen molar-refractivity contribution in [2.24, 2.45) is 0 Å². The Morgan fingerprint density at radius 3 is 2.59 bits per heavy atom. The molecule has 0 fully saturated rings. The Bertz CT molecular complexity index is 353. The predicted molar refractivity (Wildman–Crippen MR) is 61.5 cm³/mol. The molecule has 1 aromatic rings. The summed E-state index contributed by atoms with van der Waals surface area (Å²) in [5, 5.41) is 0. The Morgan fingerprint density at radius 2 is 2.00 bits per heavy atom. The van der Waals surface area contributed by atoms with Crippen molar-refractivity contribution >= 4 is 6.09 Å². The lowest BCUT2D eigenvalue weighted by molar-refractivity contribution is 0.110. The number of rotatable bonds is 5. The Hall–Kier alpha value is -1.78. The molecule has 0 bridgehead atoms. The number of hydrogen-bond acceptors (Lipinski definition) is 3. The molecule has 0 heterocycles. The van der Waals surface area contributed by atoms with E-state index in [1.54, 1.807) is 26.1 Å². The molecule has 0 spiro atoms. The van der Waals surface area contributed by atoms with Gasteiger partial charge in [-0.3, -0.25) is 0 Å². The van der Waals surface area contributed by atoms with Gasteiger partial charge >= 0.3 is 6.09 Å². The average molecular weight is 241 g/mol. The zero-order chi connectivity index (χ0) is 12.7. The fourth-order valence-corrected chi connectivity index (χ4v) is 1.16. The first kappa shape index (κ1) is 13.3. The van der Waals surface area contributed by atoms with Crippen LogP contribution in [-0.2, 0) is 4.74 Å². The Kier molecular flexibility index (Phi) is 5.26. The van der Waals surface area contributed by atoms with Crippen LogP contribution in [-0.4, -0.2) is 37.8 Å². The summed E-state index contributed by atoms with van der Waals surface area (Å²) in [6.45, 7) is 2.85. The van der Waals surface area contributed by atoms with E-state index in [1.807, 2.05) is 0 Å². The number of carbonyl (C=O) groups excluding carboxylic acids is 1. The van der Waals surface area contributed by atoms with Gasteiger partial charge in [-0.15, -0.1) is 0 Å². The third kappa shape index (κ3) is 4.72. The number of nitrogens with zero attached hydrogens (tertiary/aromatic N) is 1. The first-order chi connectivity index (χ1) is 8.13. The van der Waals surface area contributed by atoms with Gasteiger partial charge in [-0.1, -0.05) is 0 Å². The molecule has 0 aromatic heterocycles. The standard InChI is InChI=1S/C12H16FNO3/c1-3-16-12(15)14(2)8-9-17-11-6-4-10(13)5-7-11/h4-7H,3,8-9H2,1-2H3. The third-order valence-corrected chi connectivity index (χ3v) is 2.09. The molecular weight excluding hydrogens is 225 g/mol. The Labute approximate surface area is 99.9 Å². The van der Waals surface area contributed by atoms with Crippen molar-refractivity contribution in [2.75, 3.05) is 26.8 Å². The fourth-order valence-electron chi connectivity index (χ4n) is 1.16. The van der Waals surface area contributed by atoms with Crippen molar-refractivity contribution in [3.05, 3.63) is 30.1 Å². The maximum atomic E-state index is 12.6. The van der Waals surface area contributed by atoms with Crippen molar-refractivity contribution in [3.63, 3.8) is 0 Å². The number of halogens is 1. The Balaban J connectivity index is 2.27. The van der Waals surface area contributed by atoms with Crippen LogP contribution in [0.3, 0.4) is 0 Å². The molecule has 0 aliphatic rings. The van der Waals surface area contributed by atoms with Crippen molar-refractivity contribution in [1.82, 2.24) is 4.90 Å². The quantitative estimate of drug-likeness (QED) is 0.794. The monoisotopic (exact) mass is 241 g/mol. The average Bonchev–Trinajstić information content (AvgIpc) is 2.32. The second-order valence-corrected chi connectivity index (χ2v) is 3.42. The molecule has 1 rings (SSSR count). The van der Waals surface area contributed by atoms with E-state index in [-0.39, 0.29) is 11.9 Å². The molecule has 4 nitrogen and oxygen atoms in total. The van der Waals surface area contributed by atoms with Crippen molar-refractivity contribution < 1.29 is 18.7 Å². The van der Waals surface area contributed by atoms with Gasteiger partial charge in [0.15, 0.2) is 0 Å². The van der Waals surface area contributed by atoms with Crippen LogP contribution in [0, 0.1) is 5.82 Å². The molecule has 5 heteroatoms. The van der Waals surface area contributed by atoms with Crippen LogP contribution < -0.4 is 4.74 Å². The van der Waals surface area contributed by atoms with Gasteiger partial charge in [-0.2, -0.15) is 0 Å². The molecule has 0 aliphatic heterocycles. The largest absolute Gasteiger partial charge is 0.492 e. The van der Waals surface area contributed by atoms with Crippen LogP contribution >= 0.6 is 0 Å². The third-order valence-electron chi connectivity index (χ3n) is 2.09. The van der Waals surface area contributed by atoms with Gasteiger partial charge in [0.1, 0.15) is 18.2 Å². The van der Waals surface area contributed by atoms with Crippen LogP contribution in [0.5, 0.6) is 5.75 Å². The molecule has 0 aliphatic carbocycles. The summed E-state index contributed by atoms with van der Waals surface area (Å²) in [6.07, 6.45) is -0.379. The van der Waals surface area contributed by atoms with Gasteiger partial charge in [0.2, 0.25) is 0 Å². The normalized spacial score (nSPS) is 9.82. The lowest BCUT2D eigenvalue weighted by atomic mass is 10.3. The maximum absolute atomic E-state index is 12.6. The molecule has 0 saturated heterocycles. The van der Waals surface area contributed by atoms with Crippen molar-refractivity contribution in [3.8, 4) is 5.75 Å². The molecule has 0 saturated carbocycles. The van der Waals surface area contributed by atoms with Crippen molar-refractivity contribution in [2.45, 2.75) is 6.92 Å². The number of amides is 1. The van der Waals surface area contributed by atoms with Gasteiger partial charge in [0.05, 0.1) is 13.2 Å². The van der Waals surface area contributed by atoms with E-state index in [2.05, 4.69) is 0 Å². The molecule has 0 atom stereocenters. The number of carbonyl (C=O) groups is 1. The van der Waals surface area contributed by atoms with Crippen LogP contribution in [0.25, 0.3) is 0 Å². The number of benzene rings is 1. The van der Waals surface area contributed by atoms with Crippen molar-refractivity contribution in [1.29, 1.82) is 0 Å². The molecule has 1 amide bonds. The zero-order valence-electron chi connectivity index (χ0n) is 9.98. The molecule has 0 unspecified atom stereocenters. The lowest BCUT2D eigenvalue weighted by Gasteiger charge is -2.16. The van der Waals surface area contributed by atoms with E-state index in [4.69, 9.17) is 9.47 Å². The van der Waals surface area contributed by atoms with E-state index < -0.39 is 0 Å². The van der Waals surface area contributed by atoms with E-state index in [9.17, 15) is 9.18 Å². The summed E-state index contributed by atoms with van der Waals surface area (Å²) in [5.74, 6) is 0.268. The molecule has 1 aromatic carbocycles. The smallest absolute Gasteiger partial charge is 0.409 e. The van der Waals surface area contributed by atoms with E-state index in [0.29, 0.717) is 25.5 Å². The molecule has 0 radical (unpaired) electrons. The molecule has 0 N–H and O–H groups in total. The van der Waals surface area contributed by atoms with Gasteiger partial charge in [-0.25, -0.2) is 9.18 Å². The van der Waals surface area contributed by atoms with Crippen LogP contribution in [0.4, 0.5) is 9.18 Å². The summed E-state index contributed by atoms with van der Waals surface area (Å²) in [4.78, 5) is 12.7. The summed E-state index contributed by atoms with van der Waals surface area (Å²) in [6, 6.07) is 5.73. The number of ether oxygens (including phenoxy) is 2. The lowest BCUT2D eigenvalue weighted by Crippen LogP contribution is -2.31. The summed E-state index contributed by atoms with van der Waals surface area (Å²) in [5.41, 5.74) is 0. The Morgan fingerprint density at radius 1 is 1.35 bits per heavy atom. The summed E-state index contributed by atoms with van der Waals surface area (Å²) < 4.78 is 22.8. The summed E-state index contributed by atoms with van der Waals surface area (Å²) >= 11 is 0. The number of hydrogen-bond donors (Lipinski definition) is 0. The molecule has 17 heavy (non-hydrogen) atoms. The number of likely N-dealkylation sites (N-methyl/N-ethyl adjacent to an activating group) is 1. The second-order valence-electron chi connectivity index (χ2n) is 3.42. The molecular formula is C12H16FNO3. The topological polar surface area (TPSA) is 38.8 Å². The van der Waals surface area contributed by atoms with E-state index >= 15 is 0 Å². The predicted octanol–water partition coefficient (Wildman–Crippen LogP) is 2.29. The SMILES string of the molecule is CCOC(=O)N(C)CCOc1ccc(F)cc1. The van der Waals surface area contributed by atoms with Crippen LogP contribution in [0.2, 0.25) is 0 Å². The fraction of sp³-hybridized carbons (Fsp3) is 0.417. The minimum atomic E-state index is -0.379. The summed E-state index contributed by atoms with van der Waals surface area (Å²) in [7, 11) is 1.63. The second kappa shape index (κ2) is 6.73. The van der Waals surface area contributed by atoms with Gasteiger partial charge < -0.3 is 14.4 Å². The highest BCUT2D eigenvalue weighted by atomic mass is 19.1. The van der Waals surface area contributed by atoms with Gasteiger partial charge in [0, 0.05) is 7.05 Å². The highest BCUT2D eigenvalue weighted by Gasteiger charge is 2.08. The van der Waals surface area contributed by atoms with E-state index in [0.717, 1.165) is 0 Å². The highest BCUT2D eigenvalue weighted by Crippen LogP contribution is 2.10. The van der Waals surface area contributed by atoms with Crippen LogP contribution in [0.1, 0.15) is 6.92 Å². The first-order valence-electron chi connectivity index (χ1n) is 5.39. The maximum Gasteiger partial charge on any atom is 0.409 e. The minimum absolute atomic E-state index is 0.305. The van der Waals surface area contributed by atoms with Crippen LogP contribution in [0.15, 0.2) is 24.3 Å². The van der Waals surface area contributed by atoms with E-state index in [1.165, 1.54) is 17.0 Å². The molecule has 94 valence electrons. The zero-order valence-corrected chi connectivity index (χ0v) is 9.98. The van der Waals surface area contributed by atoms with Gasteiger partial charge in [0.25, 0.3) is 0 Å². The highest BCUT2D eigenvalue weighted by molar-refractivity contribution is 5.67.